The van der Waals surface area contributed by atoms with Crippen molar-refractivity contribution >= 4 is 42.2 Å². The van der Waals surface area contributed by atoms with E-state index in [4.69, 9.17) is 0 Å². The Morgan fingerprint density at radius 2 is 1.75 bits per heavy atom. The van der Waals surface area contributed by atoms with Crippen LogP contribution in [0.3, 0.4) is 0 Å². The molecule has 2 heterocycles. The van der Waals surface area contributed by atoms with E-state index in [9.17, 15) is 4.79 Å². The van der Waals surface area contributed by atoms with Crippen LogP contribution in [0, 0.1) is 0 Å². The molecule has 2 aromatic rings. The van der Waals surface area contributed by atoms with Gasteiger partial charge in [-0.25, -0.2) is 4.98 Å². The number of benzene rings is 1. The van der Waals surface area contributed by atoms with Crippen LogP contribution in [0.1, 0.15) is 12.5 Å². The van der Waals surface area contributed by atoms with Gasteiger partial charge in [-0.2, -0.15) is 0 Å². The van der Waals surface area contributed by atoms with E-state index in [-0.39, 0.29) is 30.7 Å². The number of carbonyl (C=O) groups is 1. The van der Waals surface area contributed by atoms with E-state index < -0.39 is 0 Å². The van der Waals surface area contributed by atoms with Gasteiger partial charge in [-0.05, 0) is 30.3 Å². The van der Waals surface area contributed by atoms with Crippen LogP contribution in [-0.2, 0) is 11.3 Å². The molecule has 0 unspecified atom stereocenters. The zero-order valence-electron chi connectivity index (χ0n) is 16.1. The molecule has 1 amide bonds. The SMILES string of the molecule is CCNCc1ccccc1NC(=O)CN1CCN(c2ccccn2)CC1.Cl.Cl. The second-order valence-corrected chi connectivity index (χ2v) is 6.44. The lowest BCUT2D eigenvalue weighted by Gasteiger charge is -2.35. The van der Waals surface area contributed by atoms with Crippen LogP contribution < -0.4 is 15.5 Å². The lowest BCUT2D eigenvalue weighted by atomic mass is 10.1. The molecule has 0 aliphatic carbocycles. The molecular weight excluding hydrogens is 397 g/mol. The summed E-state index contributed by atoms with van der Waals surface area (Å²) in [7, 11) is 0. The van der Waals surface area contributed by atoms with Crippen molar-refractivity contribution < 1.29 is 4.79 Å². The van der Waals surface area contributed by atoms with Crippen molar-refractivity contribution in [2.75, 3.05) is 49.5 Å². The lowest BCUT2D eigenvalue weighted by molar-refractivity contribution is -0.117. The predicted molar refractivity (Wildman–Crippen MR) is 120 cm³/mol. The van der Waals surface area contributed by atoms with Gasteiger partial charge < -0.3 is 15.5 Å². The maximum atomic E-state index is 12.5. The molecule has 0 radical (unpaired) electrons. The predicted octanol–water partition coefficient (Wildman–Crippen LogP) is 2.80. The van der Waals surface area contributed by atoms with Crippen molar-refractivity contribution in [3.63, 3.8) is 0 Å². The normalized spacial score (nSPS) is 14.0. The largest absolute Gasteiger partial charge is 0.354 e. The van der Waals surface area contributed by atoms with Crippen LogP contribution in [0.15, 0.2) is 48.7 Å². The summed E-state index contributed by atoms with van der Waals surface area (Å²) in [6, 6.07) is 13.9. The van der Waals surface area contributed by atoms with Gasteiger partial charge in [-0.1, -0.05) is 31.2 Å². The number of rotatable bonds is 7. The first-order valence-electron chi connectivity index (χ1n) is 9.23. The third-order valence-electron chi connectivity index (χ3n) is 4.57. The van der Waals surface area contributed by atoms with E-state index in [2.05, 4.69) is 32.3 Å². The monoisotopic (exact) mass is 425 g/mol. The third-order valence-corrected chi connectivity index (χ3v) is 4.57. The highest BCUT2D eigenvalue weighted by Gasteiger charge is 2.20. The summed E-state index contributed by atoms with van der Waals surface area (Å²) in [5.74, 6) is 1.05. The molecule has 1 aliphatic heterocycles. The Balaban J connectivity index is 0.00000196. The Bertz CT molecular complexity index is 709. The van der Waals surface area contributed by atoms with E-state index >= 15 is 0 Å². The zero-order chi connectivity index (χ0) is 18.2. The summed E-state index contributed by atoms with van der Waals surface area (Å²) >= 11 is 0. The molecule has 3 rings (SSSR count). The number of carbonyl (C=O) groups excluding carboxylic acids is 1. The molecule has 1 fully saturated rings. The number of halogens is 2. The Kier molecular flexibility index (Phi) is 10.9. The molecule has 1 aromatic heterocycles. The first-order chi connectivity index (χ1) is 12.8. The number of aromatic nitrogens is 1. The van der Waals surface area contributed by atoms with Gasteiger partial charge in [0.1, 0.15) is 5.82 Å². The van der Waals surface area contributed by atoms with E-state index in [0.29, 0.717) is 6.54 Å². The molecular formula is C20H29Cl2N5O. The van der Waals surface area contributed by atoms with Gasteiger partial charge in [-0.3, -0.25) is 9.69 Å². The summed E-state index contributed by atoms with van der Waals surface area (Å²) in [4.78, 5) is 21.3. The van der Waals surface area contributed by atoms with Crippen molar-refractivity contribution in [2.24, 2.45) is 0 Å². The molecule has 0 spiro atoms. The number of amides is 1. The molecule has 0 saturated carbocycles. The summed E-state index contributed by atoms with van der Waals surface area (Å²) in [6.45, 7) is 7.67. The molecule has 1 aliphatic rings. The highest BCUT2D eigenvalue weighted by atomic mass is 35.5. The molecule has 1 aromatic carbocycles. The minimum atomic E-state index is 0. The molecule has 154 valence electrons. The minimum absolute atomic E-state index is 0. The van der Waals surface area contributed by atoms with Gasteiger partial charge in [0.15, 0.2) is 0 Å². The number of hydrogen-bond donors (Lipinski definition) is 2. The molecule has 1 saturated heterocycles. The first kappa shape index (κ1) is 24.2. The second-order valence-electron chi connectivity index (χ2n) is 6.44. The van der Waals surface area contributed by atoms with Crippen molar-refractivity contribution in [1.82, 2.24) is 15.2 Å². The fourth-order valence-electron chi connectivity index (χ4n) is 3.12. The van der Waals surface area contributed by atoms with E-state index in [1.54, 1.807) is 0 Å². The van der Waals surface area contributed by atoms with E-state index in [0.717, 1.165) is 56.3 Å². The third kappa shape index (κ3) is 6.95. The fourth-order valence-corrected chi connectivity index (χ4v) is 3.12. The van der Waals surface area contributed by atoms with Gasteiger partial charge >= 0.3 is 0 Å². The summed E-state index contributed by atoms with van der Waals surface area (Å²) in [5, 5.41) is 6.37. The Hall–Kier alpha value is -1.86. The number of pyridine rings is 1. The molecule has 0 atom stereocenters. The second kappa shape index (κ2) is 12.6. The molecule has 2 N–H and O–H groups in total. The highest BCUT2D eigenvalue weighted by Crippen LogP contribution is 2.16. The number of para-hydroxylation sites is 1. The van der Waals surface area contributed by atoms with Crippen molar-refractivity contribution in [2.45, 2.75) is 13.5 Å². The lowest BCUT2D eigenvalue weighted by Crippen LogP contribution is -2.48. The highest BCUT2D eigenvalue weighted by molar-refractivity contribution is 5.93. The molecule has 8 heteroatoms. The number of anilines is 2. The smallest absolute Gasteiger partial charge is 0.238 e. The van der Waals surface area contributed by atoms with Crippen LogP contribution in [0.2, 0.25) is 0 Å². The Labute approximate surface area is 179 Å². The van der Waals surface area contributed by atoms with Crippen LogP contribution in [0.4, 0.5) is 11.5 Å². The first-order valence-corrected chi connectivity index (χ1v) is 9.23. The number of hydrogen-bond acceptors (Lipinski definition) is 5. The van der Waals surface area contributed by atoms with Crippen LogP contribution in [-0.4, -0.2) is 55.1 Å². The fraction of sp³-hybridized carbons (Fsp3) is 0.400. The van der Waals surface area contributed by atoms with Crippen molar-refractivity contribution in [1.29, 1.82) is 0 Å². The average Bonchev–Trinajstić information content (AvgIpc) is 2.68. The quantitative estimate of drug-likeness (QED) is 0.713. The maximum Gasteiger partial charge on any atom is 0.238 e. The summed E-state index contributed by atoms with van der Waals surface area (Å²) in [6.07, 6.45) is 1.82. The topological polar surface area (TPSA) is 60.5 Å². The molecule has 28 heavy (non-hydrogen) atoms. The molecule has 6 nitrogen and oxygen atoms in total. The van der Waals surface area contributed by atoms with Gasteiger partial charge in [-0.15, -0.1) is 24.8 Å². The van der Waals surface area contributed by atoms with Crippen LogP contribution in [0.25, 0.3) is 0 Å². The maximum absolute atomic E-state index is 12.5. The van der Waals surface area contributed by atoms with E-state index in [1.807, 2.05) is 48.7 Å². The van der Waals surface area contributed by atoms with Crippen molar-refractivity contribution in [3.8, 4) is 0 Å². The zero-order valence-corrected chi connectivity index (χ0v) is 17.8. The number of piperazine rings is 1. The molecule has 0 bridgehead atoms. The van der Waals surface area contributed by atoms with Gasteiger partial charge in [0.2, 0.25) is 5.91 Å². The van der Waals surface area contributed by atoms with Gasteiger partial charge in [0, 0.05) is 44.6 Å². The van der Waals surface area contributed by atoms with Gasteiger partial charge in [0.05, 0.1) is 6.54 Å². The van der Waals surface area contributed by atoms with Crippen LogP contribution in [0.5, 0.6) is 0 Å². The average molecular weight is 426 g/mol. The number of nitrogens with zero attached hydrogens (tertiary/aromatic N) is 3. The van der Waals surface area contributed by atoms with E-state index in [1.165, 1.54) is 0 Å². The summed E-state index contributed by atoms with van der Waals surface area (Å²) in [5.41, 5.74) is 2.01. The van der Waals surface area contributed by atoms with Crippen molar-refractivity contribution in [3.05, 3.63) is 54.2 Å². The Morgan fingerprint density at radius 3 is 2.43 bits per heavy atom. The summed E-state index contributed by atoms with van der Waals surface area (Å²) < 4.78 is 0. The Morgan fingerprint density at radius 1 is 1.04 bits per heavy atom. The minimum Gasteiger partial charge on any atom is -0.354 e. The van der Waals surface area contributed by atoms with Crippen LogP contribution >= 0.6 is 24.8 Å². The number of nitrogens with one attached hydrogen (secondary N) is 2. The standard InChI is InChI=1S/C20H27N5O.2ClH/c1-2-21-15-17-7-3-4-8-18(17)23-20(26)16-24-11-13-25(14-12-24)19-9-5-6-10-22-19;;/h3-10,21H,2,11-16H2,1H3,(H,23,26);2*1H. The van der Waals surface area contributed by atoms with Gasteiger partial charge in [0.25, 0.3) is 0 Å².